The second-order valence-corrected chi connectivity index (χ2v) is 7.70. The van der Waals surface area contributed by atoms with Crippen LogP contribution >= 0.6 is 11.3 Å². The fourth-order valence-corrected chi connectivity index (χ4v) is 4.20. The average molecular weight is 388 g/mol. The first kappa shape index (κ1) is 19.1. The van der Waals surface area contributed by atoms with Crippen molar-refractivity contribution < 1.29 is 9.59 Å². The molecular formula is C18H24N6O2S. The summed E-state index contributed by atoms with van der Waals surface area (Å²) in [6.07, 6.45) is 3.54. The number of aromatic nitrogens is 3. The average Bonchev–Trinajstić information content (AvgIpc) is 3.17. The number of aromatic amines is 1. The van der Waals surface area contributed by atoms with Gasteiger partial charge in [-0.3, -0.25) is 4.79 Å². The predicted octanol–water partition coefficient (Wildman–Crippen LogP) is 2.38. The Bertz CT molecular complexity index is 898. The molecule has 0 radical (unpaired) electrons. The summed E-state index contributed by atoms with van der Waals surface area (Å²) in [5.41, 5.74) is 3.37. The van der Waals surface area contributed by atoms with E-state index in [1.165, 1.54) is 0 Å². The molecular weight excluding hydrogens is 364 g/mol. The molecule has 0 unspecified atom stereocenters. The lowest BCUT2D eigenvalue weighted by Gasteiger charge is -2.27. The molecule has 1 aliphatic rings. The van der Waals surface area contributed by atoms with Gasteiger partial charge in [-0.2, -0.15) is 0 Å². The van der Waals surface area contributed by atoms with Gasteiger partial charge in [0.1, 0.15) is 6.04 Å². The molecule has 0 saturated carbocycles. The van der Waals surface area contributed by atoms with Crippen molar-refractivity contribution in [1.82, 2.24) is 30.9 Å². The maximum atomic E-state index is 12.9. The van der Waals surface area contributed by atoms with E-state index in [0.717, 1.165) is 34.1 Å². The maximum absolute atomic E-state index is 12.9. The van der Waals surface area contributed by atoms with Gasteiger partial charge < -0.3 is 20.9 Å². The van der Waals surface area contributed by atoms with E-state index in [4.69, 9.17) is 0 Å². The number of carbonyl (C=O) groups is 2. The van der Waals surface area contributed by atoms with Gasteiger partial charge in [0.2, 0.25) is 0 Å². The van der Waals surface area contributed by atoms with Gasteiger partial charge in [0.15, 0.2) is 0 Å². The zero-order valence-electron chi connectivity index (χ0n) is 15.9. The lowest BCUT2D eigenvalue weighted by Crippen LogP contribution is -2.47. The van der Waals surface area contributed by atoms with Crippen LogP contribution in [0.3, 0.4) is 0 Å². The van der Waals surface area contributed by atoms with Crippen LogP contribution in [0.2, 0.25) is 0 Å². The van der Waals surface area contributed by atoms with E-state index in [1.54, 1.807) is 24.6 Å². The molecule has 4 N–H and O–H groups in total. The summed E-state index contributed by atoms with van der Waals surface area (Å²) in [5.74, 6) is -0.239. The molecule has 0 fully saturated rings. The summed E-state index contributed by atoms with van der Waals surface area (Å²) in [5, 5.41) is 9.52. The van der Waals surface area contributed by atoms with Gasteiger partial charge in [-0.1, -0.05) is 6.92 Å². The highest BCUT2D eigenvalue weighted by Gasteiger charge is 2.33. The Balaban J connectivity index is 1.80. The molecule has 0 spiro atoms. The summed E-state index contributed by atoms with van der Waals surface area (Å²) in [6, 6.07) is -0.942. The quantitative estimate of drug-likeness (QED) is 0.609. The lowest BCUT2D eigenvalue weighted by molar-refractivity contribution is -0.118. The first-order valence-electron chi connectivity index (χ1n) is 8.92. The largest absolute Gasteiger partial charge is 0.348 e. The number of H-pyrrole nitrogens is 1. The van der Waals surface area contributed by atoms with E-state index in [9.17, 15) is 9.59 Å². The fraction of sp³-hybridized carbons (Fsp3) is 0.444. The van der Waals surface area contributed by atoms with Crippen LogP contribution in [0.15, 0.2) is 17.6 Å². The third kappa shape index (κ3) is 4.02. The molecule has 3 heterocycles. The Morgan fingerprint density at radius 2 is 2.11 bits per heavy atom. The van der Waals surface area contributed by atoms with E-state index in [0.29, 0.717) is 23.5 Å². The van der Waals surface area contributed by atoms with Crippen molar-refractivity contribution in [2.24, 2.45) is 0 Å². The molecule has 9 heteroatoms. The van der Waals surface area contributed by atoms with Crippen LogP contribution in [-0.4, -0.2) is 26.9 Å². The molecule has 0 saturated heterocycles. The smallest absolute Gasteiger partial charge is 0.319 e. The molecule has 3 amide bonds. The van der Waals surface area contributed by atoms with E-state index in [1.807, 2.05) is 13.8 Å². The number of carbonyl (C=O) groups excluding carboxylic acids is 2. The van der Waals surface area contributed by atoms with Gasteiger partial charge >= 0.3 is 6.03 Å². The number of hydrogen-bond acceptors (Lipinski definition) is 5. The first-order chi connectivity index (χ1) is 12.9. The number of urea groups is 1. The molecule has 8 nitrogen and oxygen atoms in total. The van der Waals surface area contributed by atoms with Gasteiger partial charge in [0.05, 0.1) is 34.8 Å². The number of nitrogens with zero attached hydrogens (tertiary/aromatic N) is 2. The Hall–Kier alpha value is -2.68. The Labute approximate surface area is 161 Å². The highest BCUT2D eigenvalue weighted by Crippen LogP contribution is 2.27. The minimum absolute atomic E-state index is 0.239. The minimum atomic E-state index is -0.594. The van der Waals surface area contributed by atoms with Gasteiger partial charge in [0, 0.05) is 16.3 Å². The second kappa shape index (κ2) is 7.91. The number of thiazole rings is 1. The van der Waals surface area contributed by atoms with Crippen molar-refractivity contribution >= 4 is 23.3 Å². The maximum Gasteiger partial charge on any atom is 0.319 e. The van der Waals surface area contributed by atoms with Gasteiger partial charge in [-0.15, -0.1) is 11.3 Å². The number of allylic oxidation sites excluding steroid dienone is 1. The number of amides is 3. The SMILES string of the molecule is CCCc1nc(C)c(CNC(=O)C2=C(C)NC(=O)N[C@@H]2c2nc[nH]c2C)s1. The number of nitrogens with one attached hydrogen (secondary N) is 4. The molecule has 0 aromatic carbocycles. The van der Waals surface area contributed by atoms with Crippen LogP contribution in [0.5, 0.6) is 0 Å². The summed E-state index contributed by atoms with van der Waals surface area (Å²) in [4.78, 5) is 37.7. The summed E-state index contributed by atoms with van der Waals surface area (Å²) in [6.45, 7) is 8.06. The van der Waals surface area contributed by atoms with Crippen LogP contribution in [0.4, 0.5) is 4.79 Å². The highest BCUT2D eigenvalue weighted by atomic mass is 32.1. The monoisotopic (exact) mass is 388 g/mol. The van der Waals surface area contributed by atoms with Crippen molar-refractivity contribution in [2.45, 2.75) is 53.1 Å². The van der Waals surface area contributed by atoms with E-state index >= 15 is 0 Å². The van der Waals surface area contributed by atoms with Crippen molar-refractivity contribution in [1.29, 1.82) is 0 Å². The number of aryl methyl sites for hydroxylation is 3. The number of hydrogen-bond donors (Lipinski definition) is 4. The van der Waals surface area contributed by atoms with E-state index in [2.05, 4.69) is 37.8 Å². The third-order valence-electron chi connectivity index (χ3n) is 4.47. The van der Waals surface area contributed by atoms with Crippen LogP contribution in [-0.2, 0) is 17.8 Å². The van der Waals surface area contributed by atoms with Gasteiger partial charge in [-0.25, -0.2) is 14.8 Å². The molecule has 2 aromatic rings. The normalized spacial score (nSPS) is 16.9. The number of rotatable bonds is 6. The first-order valence-corrected chi connectivity index (χ1v) is 9.73. The molecule has 3 rings (SSSR count). The third-order valence-corrected chi connectivity index (χ3v) is 5.68. The van der Waals surface area contributed by atoms with E-state index < -0.39 is 6.04 Å². The lowest BCUT2D eigenvalue weighted by atomic mass is 9.98. The highest BCUT2D eigenvalue weighted by molar-refractivity contribution is 7.11. The topological polar surface area (TPSA) is 112 Å². The van der Waals surface area contributed by atoms with Crippen molar-refractivity contribution in [2.75, 3.05) is 0 Å². The summed E-state index contributed by atoms with van der Waals surface area (Å²) >= 11 is 1.63. The van der Waals surface area contributed by atoms with Crippen LogP contribution in [0.1, 0.15) is 53.3 Å². The number of imidazole rings is 1. The zero-order valence-corrected chi connectivity index (χ0v) is 16.7. The summed E-state index contributed by atoms with van der Waals surface area (Å²) < 4.78 is 0. The Morgan fingerprint density at radius 3 is 2.78 bits per heavy atom. The van der Waals surface area contributed by atoms with Crippen LogP contribution in [0, 0.1) is 13.8 Å². The fourth-order valence-electron chi connectivity index (χ4n) is 3.09. The molecule has 1 aliphatic heterocycles. The molecule has 0 bridgehead atoms. The molecule has 2 aromatic heterocycles. The van der Waals surface area contributed by atoms with Crippen LogP contribution < -0.4 is 16.0 Å². The molecule has 1 atom stereocenters. The molecule has 27 heavy (non-hydrogen) atoms. The van der Waals surface area contributed by atoms with Gasteiger partial charge in [-0.05, 0) is 33.6 Å². The second-order valence-electron chi connectivity index (χ2n) is 6.53. The van der Waals surface area contributed by atoms with Crippen molar-refractivity contribution in [3.05, 3.63) is 44.6 Å². The van der Waals surface area contributed by atoms with Crippen LogP contribution in [0.25, 0.3) is 0 Å². The summed E-state index contributed by atoms with van der Waals surface area (Å²) in [7, 11) is 0. The minimum Gasteiger partial charge on any atom is -0.348 e. The standard InChI is InChI=1S/C18H24N6O2S/c1-5-6-13-22-9(2)12(27-13)7-19-17(25)14-10(3)23-18(26)24-16(14)15-11(4)20-8-21-15/h8,16H,5-7H2,1-4H3,(H,19,25)(H,20,21)(H2,23,24,26)/t16-/m0/s1. The zero-order chi connectivity index (χ0) is 19.6. The van der Waals surface area contributed by atoms with Crippen molar-refractivity contribution in [3.8, 4) is 0 Å². The molecule has 0 aliphatic carbocycles. The Morgan fingerprint density at radius 1 is 1.33 bits per heavy atom. The van der Waals surface area contributed by atoms with E-state index in [-0.39, 0.29) is 11.9 Å². The van der Waals surface area contributed by atoms with Gasteiger partial charge in [0.25, 0.3) is 5.91 Å². The molecule has 144 valence electrons. The predicted molar refractivity (Wildman–Crippen MR) is 103 cm³/mol. The Kier molecular flexibility index (Phi) is 5.59. The van der Waals surface area contributed by atoms with Crippen molar-refractivity contribution in [3.63, 3.8) is 0 Å².